The van der Waals surface area contributed by atoms with Crippen LogP contribution in [0.25, 0.3) is 5.65 Å². The lowest BCUT2D eigenvalue weighted by Crippen LogP contribution is -2.22. The fraction of sp³-hybridized carbons (Fsp3) is 0.182. The van der Waals surface area contributed by atoms with Crippen molar-refractivity contribution >= 4 is 5.65 Å². The first-order valence-corrected chi connectivity index (χ1v) is 9.56. The molecule has 5 rings (SSSR count). The van der Waals surface area contributed by atoms with E-state index in [4.69, 9.17) is 18.9 Å². The molecule has 0 saturated carbocycles. The lowest BCUT2D eigenvalue weighted by molar-refractivity contribution is 0.0844. The minimum absolute atomic E-state index is 0.144. The van der Waals surface area contributed by atoms with Gasteiger partial charge in [0.05, 0.1) is 19.5 Å². The molecule has 0 unspecified atom stereocenters. The first-order valence-electron chi connectivity index (χ1n) is 9.56. The highest BCUT2D eigenvalue weighted by Gasteiger charge is 2.25. The lowest BCUT2D eigenvalue weighted by atomic mass is 10.1. The van der Waals surface area contributed by atoms with Crippen LogP contribution in [-0.4, -0.2) is 33.1 Å². The van der Waals surface area contributed by atoms with Gasteiger partial charge in [0, 0.05) is 35.7 Å². The molecule has 156 valence electrons. The zero-order chi connectivity index (χ0) is 21.4. The average Bonchev–Trinajstić information content (AvgIpc) is 2.81. The van der Waals surface area contributed by atoms with E-state index in [-0.39, 0.29) is 11.7 Å². The van der Waals surface area contributed by atoms with Crippen LogP contribution in [0.2, 0.25) is 0 Å². The van der Waals surface area contributed by atoms with E-state index in [1.54, 1.807) is 56.9 Å². The van der Waals surface area contributed by atoms with Crippen molar-refractivity contribution in [3.05, 3.63) is 76.6 Å². The molecular formula is C22H18N4O5. The SMILES string of the molecule is COc1ccc([C@H]2COc3cc(Oc4ccc5ncc(C)c(=O)n5c4)cnc3O2)cn1. The van der Waals surface area contributed by atoms with E-state index < -0.39 is 0 Å². The van der Waals surface area contributed by atoms with Crippen LogP contribution in [0.3, 0.4) is 0 Å². The van der Waals surface area contributed by atoms with Crippen molar-refractivity contribution in [3.8, 4) is 29.0 Å². The third-order valence-corrected chi connectivity index (χ3v) is 4.86. The topological polar surface area (TPSA) is 97.1 Å². The number of nitrogens with zero attached hydrogens (tertiary/aromatic N) is 4. The number of pyridine rings is 3. The Hall–Kier alpha value is -4.14. The van der Waals surface area contributed by atoms with Gasteiger partial charge in [-0.2, -0.15) is 0 Å². The van der Waals surface area contributed by atoms with Crippen LogP contribution in [0.4, 0.5) is 0 Å². The average molecular weight is 418 g/mol. The molecule has 9 nitrogen and oxygen atoms in total. The predicted octanol–water partition coefficient (Wildman–Crippen LogP) is 3.11. The number of fused-ring (bicyclic) bond motifs is 2. The summed E-state index contributed by atoms with van der Waals surface area (Å²) in [6.45, 7) is 2.03. The summed E-state index contributed by atoms with van der Waals surface area (Å²) in [5.74, 6) is 2.31. The van der Waals surface area contributed by atoms with E-state index in [0.29, 0.717) is 46.8 Å². The van der Waals surface area contributed by atoms with E-state index in [1.165, 1.54) is 10.6 Å². The minimum Gasteiger partial charge on any atom is -0.484 e. The molecule has 1 atom stereocenters. The van der Waals surface area contributed by atoms with Crippen LogP contribution in [0.15, 0.2) is 59.9 Å². The Kier molecular flexibility index (Phi) is 4.62. The molecular weight excluding hydrogens is 400 g/mol. The summed E-state index contributed by atoms with van der Waals surface area (Å²) in [4.78, 5) is 25.1. The molecule has 31 heavy (non-hydrogen) atoms. The fourth-order valence-electron chi connectivity index (χ4n) is 3.21. The van der Waals surface area contributed by atoms with Gasteiger partial charge in [0.1, 0.15) is 23.8 Å². The molecule has 1 aliphatic heterocycles. The summed E-state index contributed by atoms with van der Waals surface area (Å²) >= 11 is 0. The van der Waals surface area contributed by atoms with E-state index in [1.807, 2.05) is 6.07 Å². The number of hydrogen-bond acceptors (Lipinski definition) is 8. The Morgan fingerprint density at radius 1 is 1.06 bits per heavy atom. The molecule has 1 aliphatic rings. The molecule has 0 radical (unpaired) electrons. The smallest absolute Gasteiger partial charge is 0.260 e. The molecule has 0 amide bonds. The van der Waals surface area contributed by atoms with Gasteiger partial charge in [0.2, 0.25) is 5.88 Å². The lowest BCUT2D eigenvalue weighted by Gasteiger charge is -2.25. The normalized spacial score (nSPS) is 15.0. The first-order chi connectivity index (χ1) is 15.1. The number of aromatic nitrogens is 4. The van der Waals surface area contributed by atoms with Crippen LogP contribution in [0.5, 0.6) is 29.0 Å². The minimum atomic E-state index is -0.326. The van der Waals surface area contributed by atoms with Gasteiger partial charge in [-0.05, 0) is 25.1 Å². The predicted molar refractivity (Wildman–Crippen MR) is 110 cm³/mol. The second kappa shape index (κ2) is 7.60. The van der Waals surface area contributed by atoms with Gasteiger partial charge in [-0.1, -0.05) is 0 Å². The summed E-state index contributed by atoms with van der Waals surface area (Å²) in [5, 5.41) is 0. The maximum Gasteiger partial charge on any atom is 0.260 e. The van der Waals surface area contributed by atoms with Gasteiger partial charge >= 0.3 is 0 Å². The standard InChI is InChI=1S/C22H18N4O5/c1-13-8-23-19-5-4-15(11-26(19)22(13)27)30-16-7-17-21(25-10-16)31-18(12-29-17)14-3-6-20(28-2)24-9-14/h3-11,18H,12H2,1-2H3/t18-/m1/s1. The summed E-state index contributed by atoms with van der Waals surface area (Å²) in [6, 6.07) is 8.80. The molecule has 0 saturated heterocycles. The highest BCUT2D eigenvalue weighted by molar-refractivity contribution is 5.45. The van der Waals surface area contributed by atoms with Crippen LogP contribution >= 0.6 is 0 Å². The first kappa shape index (κ1) is 18.9. The van der Waals surface area contributed by atoms with E-state index >= 15 is 0 Å². The Morgan fingerprint density at radius 3 is 2.77 bits per heavy atom. The van der Waals surface area contributed by atoms with E-state index in [0.717, 1.165) is 5.56 Å². The van der Waals surface area contributed by atoms with E-state index in [9.17, 15) is 4.79 Å². The van der Waals surface area contributed by atoms with E-state index in [2.05, 4.69) is 15.0 Å². The number of rotatable bonds is 4. The Bertz CT molecular complexity index is 1320. The summed E-state index contributed by atoms with van der Waals surface area (Å²) in [6.07, 6.45) is 6.05. The molecule has 4 aromatic heterocycles. The maximum absolute atomic E-state index is 12.3. The van der Waals surface area contributed by atoms with Gasteiger partial charge < -0.3 is 18.9 Å². The van der Waals surface area contributed by atoms with Gasteiger partial charge in [-0.3, -0.25) is 9.20 Å². The summed E-state index contributed by atoms with van der Waals surface area (Å²) in [7, 11) is 1.57. The van der Waals surface area contributed by atoms with Crippen molar-refractivity contribution in [2.75, 3.05) is 13.7 Å². The van der Waals surface area contributed by atoms with Crippen molar-refractivity contribution < 1.29 is 18.9 Å². The van der Waals surface area contributed by atoms with Crippen molar-refractivity contribution in [3.63, 3.8) is 0 Å². The Labute approximate surface area is 176 Å². The monoisotopic (exact) mass is 418 g/mol. The molecule has 0 bridgehead atoms. The fourth-order valence-corrected chi connectivity index (χ4v) is 3.21. The van der Waals surface area contributed by atoms with Crippen molar-refractivity contribution in [2.24, 2.45) is 0 Å². The zero-order valence-corrected chi connectivity index (χ0v) is 16.8. The molecule has 0 spiro atoms. The Morgan fingerprint density at radius 2 is 1.97 bits per heavy atom. The van der Waals surface area contributed by atoms with Crippen LogP contribution < -0.4 is 24.5 Å². The number of ether oxygens (including phenoxy) is 4. The molecule has 0 N–H and O–H groups in total. The Balaban J connectivity index is 1.36. The number of hydrogen-bond donors (Lipinski definition) is 0. The third-order valence-electron chi connectivity index (χ3n) is 4.86. The quantitative estimate of drug-likeness (QED) is 0.499. The highest BCUT2D eigenvalue weighted by Crippen LogP contribution is 2.37. The molecule has 0 fully saturated rings. The van der Waals surface area contributed by atoms with Gasteiger partial charge in [-0.25, -0.2) is 15.0 Å². The molecule has 0 aromatic carbocycles. The molecule has 4 aromatic rings. The van der Waals surface area contributed by atoms with Gasteiger partial charge in [0.25, 0.3) is 11.4 Å². The van der Waals surface area contributed by atoms with Crippen molar-refractivity contribution in [2.45, 2.75) is 13.0 Å². The number of aryl methyl sites for hydroxylation is 1. The summed E-state index contributed by atoms with van der Waals surface area (Å²) in [5.41, 5.74) is 1.81. The van der Waals surface area contributed by atoms with Crippen molar-refractivity contribution in [1.82, 2.24) is 19.4 Å². The molecule has 0 aliphatic carbocycles. The number of methoxy groups -OCH3 is 1. The van der Waals surface area contributed by atoms with Crippen LogP contribution in [0.1, 0.15) is 17.2 Å². The highest BCUT2D eigenvalue weighted by atomic mass is 16.6. The van der Waals surface area contributed by atoms with Crippen LogP contribution in [-0.2, 0) is 0 Å². The largest absolute Gasteiger partial charge is 0.484 e. The maximum atomic E-state index is 12.3. The van der Waals surface area contributed by atoms with Gasteiger partial charge in [0.15, 0.2) is 11.9 Å². The second-order valence-corrected chi connectivity index (χ2v) is 6.97. The van der Waals surface area contributed by atoms with Crippen LogP contribution in [0, 0.1) is 6.92 Å². The molecule has 9 heteroatoms. The molecule has 5 heterocycles. The van der Waals surface area contributed by atoms with Crippen molar-refractivity contribution in [1.29, 1.82) is 0 Å². The zero-order valence-electron chi connectivity index (χ0n) is 16.8. The second-order valence-electron chi connectivity index (χ2n) is 6.97. The van der Waals surface area contributed by atoms with Gasteiger partial charge in [-0.15, -0.1) is 0 Å². The third kappa shape index (κ3) is 3.61. The summed E-state index contributed by atoms with van der Waals surface area (Å²) < 4.78 is 24.2.